The number of amides is 1. The molecule has 1 aromatic heterocycles. The van der Waals surface area contributed by atoms with Crippen molar-refractivity contribution >= 4 is 23.5 Å². The van der Waals surface area contributed by atoms with Crippen molar-refractivity contribution in [1.29, 1.82) is 0 Å². The van der Waals surface area contributed by atoms with Crippen LogP contribution in [0.4, 0.5) is 6.01 Å². The maximum absolute atomic E-state index is 12.4. The lowest BCUT2D eigenvalue weighted by Crippen LogP contribution is -2.13. The smallest absolute Gasteiger partial charge is 0.322 e. The normalized spacial score (nSPS) is 10.4. The highest BCUT2D eigenvalue weighted by Crippen LogP contribution is 2.23. The van der Waals surface area contributed by atoms with Crippen molar-refractivity contribution in [2.75, 3.05) is 19.5 Å². The Balaban J connectivity index is 1.70. The Morgan fingerprint density at radius 1 is 1.12 bits per heavy atom. The Bertz CT molecular complexity index is 909. The Labute approximate surface area is 154 Å². The molecule has 7 nitrogen and oxygen atoms in total. The average Bonchev–Trinajstić information content (AvgIpc) is 3.09. The van der Waals surface area contributed by atoms with Crippen LogP contribution in [0.5, 0.6) is 11.5 Å². The maximum Gasteiger partial charge on any atom is 0.322 e. The van der Waals surface area contributed by atoms with Crippen LogP contribution < -0.4 is 14.8 Å². The number of hydrogen-bond donors (Lipinski definition) is 1. The third-order valence-electron chi connectivity index (χ3n) is 3.61. The van der Waals surface area contributed by atoms with Gasteiger partial charge in [0.05, 0.1) is 26.2 Å². The van der Waals surface area contributed by atoms with Crippen LogP contribution in [0, 0.1) is 0 Å². The SMILES string of the molecule is COc1ccc(Cc2nnc(NC(=O)c3cc(Cl)ccc3OC)o2)cc1. The van der Waals surface area contributed by atoms with Gasteiger partial charge in [-0.15, -0.1) is 5.10 Å². The summed E-state index contributed by atoms with van der Waals surface area (Å²) >= 11 is 5.94. The van der Waals surface area contributed by atoms with Crippen LogP contribution in [0.15, 0.2) is 46.9 Å². The van der Waals surface area contributed by atoms with Crippen LogP contribution in [0.25, 0.3) is 0 Å². The number of anilines is 1. The number of nitrogens with zero attached hydrogens (tertiary/aromatic N) is 2. The number of halogens is 1. The fraction of sp³-hybridized carbons (Fsp3) is 0.167. The van der Waals surface area contributed by atoms with Crippen molar-refractivity contribution in [2.24, 2.45) is 0 Å². The van der Waals surface area contributed by atoms with Crippen LogP contribution in [0.1, 0.15) is 21.8 Å². The highest BCUT2D eigenvalue weighted by Gasteiger charge is 2.16. The first kappa shape index (κ1) is 17.8. The summed E-state index contributed by atoms with van der Waals surface area (Å²) in [6.45, 7) is 0. The number of aromatic nitrogens is 2. The second-order valence-electron chi connectivity index (χ2n) is 5.32. The van der Waals surface area contributed by atoms with Gasteiger partial charge in [0.1, 0.15) is 11.5 Å². The average molecular weight is 374 g/mol. The standard InChI is InChI=1S/C18H16ClN3O4/c1-24-13-6-3-11(4-7-13)9-16-21-22-18(26-16)20-17(23)14-10-12(19)5-8-15(14)25-2/h3-8,10H,9H2,1-2H3,(H,20,22,23). The second-order valence-corrected chi connectivity index (χ2v) is 5.76. The number of rotatable bonds is 6. The van der Waals surface area contributed by atoms with Crippen molar-refractivity contribution in [3.05, 3.63) is 64.5 Å². The molecule has 0 bridgehead atoms. The Morgan fingerprint density at radius 2 is 1.88 bits per heavy atom. The summed E-state index contributed by atoms with van der Waals surface area (Å²) in [4.78, 5) is 12.4. The Morgan fingerprint density at radius 3 is 2.58 bits per heavy atom. The van der Waals surface area contributed by atoms with E-state index in [4.69, 9.17) is 25.5 Å². The van der Waals surface area contributed by atoms with Crippen molar-refractivity contribution in [1.82, 2.24) is 10.2 Å². The first-order valence-corrected chi connectivity index (χ1v) is 8.07. The highest BCUT2D eigenvalue weighted by molar-refractivity contribution is 6.31. The fourth-order valence-corrected chi connectivity index (χ4v) is 2.49. The van der Waals surface area contributed by atoms with E-state index in [0.29, 0.717) is 23.1 Å². The van der Waals surface area contributed by atoms with Crippen LogP contribution in [-0.2, 0) is 6.42 Å². The van der Waals surface area contributed by atoms with Gasteiger partial charge in [0.25, 0.3) is 5.91 Å². The van der Waals surface area contributed by atoms with Gasteiger partial charge in [-0.25, -0.2) is 0 Å². The molecule has 1 heterocycles. The zero-order valence-electron chi connectivity index (χ0n) is 14.2. The quantitative estimate of drug-likeness (QED) is 0.710. The monoisotopic (exact) mass is 373 g/mol. The number of benzene rings is 2. The van der Waals surface area contributed by atoms with Crippen LogP contribution in [0.2, 0.25) is 5.02 Å². The topological polar surface area (TPSA) is 86.5 Å². The molecule has 0 unspecified atom stereocenters. The lowest BCUT2D eigenvalue weighted by molar-refractivity contribution is 0.102. The van der Waals surface area contributed by atoms with Gasteiger partial charge in [-0.05, 0) is 35.9 Å². The largest absolute Gasteiger partial charge is 0.497 e. The highest BCUT2D eigenvalue weighted by atomic mass is 35.5. The molecule has 0 saturated heterocycles. The van der Waals surface area contributed by atoms with Gasteiger partial charge in [-0.2, -0.15) is 0 Å². The first-order valence-electron chi connectivity index (χ1n) is 7.69. The minimum atomic E-state index is -0.455. The van der Waals surface area contributed by atoms with Gasteiger partial charge in [0.15, 0.2) is 0 Å². The molecular weight excluding hydrogens is 358 g/mol. The van der Waals surface area contributed by atoms with Crippen LogP contribution in [0.3, 0.4) is 0 Å². The predicted molar refractivity (Wildman–Crippen MR) is 96.1 cm³/mol. The molecule has 26 heavy (non-hydrogen) atoms. The zero-order valence-corrected chi connectivity index (χ0v) is 14.9. The molecule has 2 aromatic carbocycles. The van der Waals surface area contributed by atoms with E-state index < -0.39 is 5.91 Å². The predicted octanol–water partition coefficient (Wildman–Crippen LogP) is 3.58. The molecule has 0 aliphatic carbocycles. The van der Waals surface area contributed by atoms with Gasteiger partial charge < -0.3 is 13.9 Å². The summed E-state index contributed by atoms with van der Waals surface area (Å²) < 4.78 is 15.8. The molecule has 3 aromatic rings. The number of ether oxygens (including phenoxy) is 2. The molecule has 134 valence electrons. The first-order chi connectivity index (χ1) is 12.6. The minimum Gasteiger partial charge on any atom is -0.497 e. The van der Waals surface area contributed by atoms with Crippen molar-refractivity contribution in [2.45, 2.75) is 6.42 Å². The van der Waals surface area contributed by atoms with Gasteiger partial charge in [0.2, 0.25) is 5.89 Å². The molecule has 3 rings (SSSR count). The van der Waals surface area contributed by atoms with Gasteiger partial charge in [-0.3, -0.25) is 10.1 Å². The minimum absolute atomic E-state index is 0.000500. The van der Waals surface area contributed by atoms with E-state index in [0.717, 1.165) is 11.3 Å². The van der Waals surface area contributed by atoms with Gasteiger partial charge >= 0.3 is 6.01 Å². The Kier molecular flexibility index (Phi) is 5.38. The second kappa shape index (κ2) is 7.88. The van der Waals surface area contributed by atoms with Gasteiger partial charge in [0, 0.05) is 5.02 Å². The van der Waals surface area contributed by atoms with E-state index in [9.17, 15) is 4.79 Å². The summed E-state index contributed by atoms with van der Waals surface area (Å²) in [7, 11) is 3.08. The molecule has 0 spiro atoms. The molecule has 0 radical (unpaired) electrons. The van der Waals surface area contributed by atoms with Crippen LogP contribution >= 0.6 is 11.6 Å². The summed E-state index contributed by atoms with van der Waals surface area (Å²) in [6, 6.07) is 12.2. The van der Waals surface area contributed by atoms with Crippen LogP contribution in [-0.4, -0.2) is 30.3 Å². The van der Waals surface area contributed by atoms with Gasteiger partial charge in [-0.1, -0.05) is 28.8 Å². The number of nitrogens with one attached hydrogen (secondary N) is 1. The number of carbonyl (C=O) groups is 1. The van der Waals surface area contributed by atoms with E-state index in [1.165, 1.54) is 13.2 Å². The van der Waals surface area contributed by atoms with E-state index in [1.807, 2.05) is 24.3 Å². The molecule has 8 heteroatoms. The molecule has 1 amide bonds. The third-order valence-corrected chi connectivity index (χ3v) is 3.84. The van der Waals surface area contributed by atoms with E-state index in [2.05, 4.69) is 15.5 Å². The summed E-state index contributed by atoms with van der Waals surface area (Å²) in [5, 5.41) is 10.7. The summed E-state index contributed by atoms with van der Waals surface area (Å²) in [5.41, 5.74) is 1.25. The van der Waals surface area contributed by atoms with Crippen molar-refractivity contribution < 1.29 is 18.7 Å². The lowest BCUT2D eigenvalue weighted by Gasteiger charge is -2.07. The molecule has 0 fully saturated rings. The third kappa shape index (κ3) is 4.12. The van der Waals surface area contributed by atoms with E-state index in [-0.39, 0.29) is 11.6 Å². The maximum atomic E-state index is 12.4. The van der Waals surface area contributed by atoms with Crippen molar-refractivity contribution in [3.8, 4) is 11.5 Å². The summed E-state index contributed by atoms with van der Waals surface area (Å²) in [5.74, 6) is 1.08. The number of hydrogen-bond acceptors (Lipinski definition) is 6. The lowest BCUT2D eigenvalue weighted by atomic mass is 10.1. The van der Waals surface area contributed by atoms with E-state index in [1.54, 1.807) is 19.2 Å². The number of methoxy groups -OCH3 is 2. The molecular formula is C18H16ClN3O4. The molecule has 0 aliphatic rings. The molecule has 0 aliphatic heterocycles. The summed E-state index contributed by atoms with van der Waals surface area (Å²) in [6.07, 6.45) is 0.438. The molecule has 1 N–H and O–H groups in total. The molecule has 0 saturated carbocycles. The number of carbonyl (C=O) groups excluding carboxylic acids is 1. The zero-order chi connectivity index (χ0) is 18.5. The Hall–Kier alpha value is -3.06. The fourth-order valence-electron chi connectivity index (χ4n) is 2.32. The molecule has 0 atom stereocenters. The van der Waals surface area contributed by atoms with E-state index >= 15 is 0 Å². The van der Waals surface area contributed by atoms with Crippen molar-refractivity contribution in [3.63, 3.8) is 0 Å².